The summed E-state index contributed by atoms with van der Waals surface area (Å²) < 4.78 is 25.2. The van der Waals surface area contributed by atoms with E-state index in [0.29, 0.717) is 12.5 Å². The van der Waals surface area contributed by atoms with Crippen LogP contribution in [0.4, 0.5) is 0 Å². The highest BCUT2D eigenvalue weighted by Crippen LogP contribution is 2.42. The van der Waals surface area contributed by atoms with E-state index < -0.39 is 9.84 Å². The van der Waals surface area contributed by atoms with Gasteiger partial charge in [0, 0.05) is 12.1 Å². The Labute approximate surface area is 160 Å². The zero-order chi connectivity index (χ0) is 18.3. The Kier molecular flexibility index (Phi) is 4.83. The number of rotatable bonds is 6. The van der Waals surface area contributed by atoms with Crippen molar-refractivity contribution in [2.24, 2.45) is 0 Å². The van der Waals surface area contributed by atoms with E-state index in [9.17, 15) is 13.2 Å². The van der Waals surface area contributed by atoms with E-state index in [2.05, 4.69) is 20.1 Å². The van der Waals surface area contributed by atoms with E-state index in [-0.39, 0.29) is 28.7 Å². The minimum Gasteiger partial charge on any atom is -0.351 e. The van der Waals surface area contributed by atoms with Crippen molar-refractivity contribution in [3.05, 3.63) is 17.5 Å². The third-order valence-electron chi connectivity index (χ3n) is 4.55. The molecule has 2 aliphatic rings. The minimum absolute atomic E-state index is 0.0386. The van der Waals surface area contributed by atoms with Crippen molar-refractivity contribution in [2.75, 3.05) is 11.5 Å². The van der Waals surface area contributed by atoms with Crippen LogP contribution in [-0.2, 0) is 14.6 Å². The van der Waals surface area contributed by atoms with Gasteiger partial charge in [-0.05, 0) is 37.6 Å². The number of nitrogens with one attached hydrogen (secondary N) is 1. The molecule has 1 aliphatic heterocycles. The molecule has 1 saturated carbocycles. The summed E-state index contributed by atoms with van der Waals surface area (Å²) in [5, 5.41) is 13.9. The summed E-state index contributed by atoms with van der Waals surface area (Å²) in [4.78, 5) is 13.5. The molecule has 1 aliphatic carbocycles. The molecule has 4 rings (SSSR count). The maximum Gasteiger partial charge on any atom is 0.233 e. The number of aromatic nitrogens is 3. The number of nitrogens with zero attached hydrogens (tertiary/aromatic N) is 3. The SMILES string of the molecule is CC(Sc1nnc(-c2cccs2)n1C1CC1)C(=O)NC1CCS(=O)(=O)C1. The molecule has 10 heteroatoms. The van der Waals surface area contributed by atoms with Gasteiger partial charge in [0.25, 0.3) is 0 Å². The number of thiophene rings is 1. The Hall–Kier alpha value is -1.39. The number of hydrogen-bond donors (Lipinski definition) is 1. The standard InChI is InChI=1S/C16H20N4O3S3/c1-10(15(21)17-11-6-8-26(22,23)9-11)25-16-19-18-14(13-3-2-7-24-13)20(16)12-4-5-12/h2-3,7,10-12H,4-6,8-9H2,1H3,(H,17,21). The highest BCUT2D eigenvalue weighted by Gasteiger charge is 2.33. The van der Waals surface area contributed by atoms with Crippen LogP contribution in [-0.4, -0.2) is 51.9 Å². The smallest absolute Gasteiger partial charge is 0.233 e. The molecule has 26 heavy (non-hydrogen) atoms. The molecular weight excluding hydrogens is 392 g/mol. The van der Waals surface area contributed by atoms with Crippen molar-refractivity contribution < 1.29 is 13.2 Å². The summed E-state index contributed by atoms with van der Waals surface area (Å²) in [6.45, 7) is 1.82. The number of amides is 1. The van der Waals surface area contributed by atoms with Gasteiger partial charge in [-0.25, -0.2) is 8.42 Å². The summed E-state index contributed by atoms with van der Waals surface area (Å²) in [7, 11) is -3.00. The fourth-order valence-electron chi connectivity index (χ4n) is 3.03. The van der Waals surface area contributed by atoms with Crippen LogP contribution in [0.15, 0.2) is 22.7 Å². The van der Waals surface area contributed by atoms with Crippen LogP contribution in [0.1, 0.15) is 32.2 Å². The fraction of sp³-hybridized carbons (Fsp3) is 0.562. The van der Waals surface area contributed by atoms with Crippen molar-refractivity contribution in [1.82, 2.24) is 20.1 Å². The van der Waals surface area contributed by atoms with Crippen LogP contribution in [0.2, 0.25) is 0 Å². The maximum absolute atomic E-state index is 12.5. The quantitative estimate of drug-likeness (QED) is 0.731. The van der Waals surface area contributed by atoms with E-state index in [0.717, 1.165) is 28.7 Å². The molecule has 0 spiro atoms. The van der Waals surface area contributed by atoms with Crippen LogP contribution in [0, 0.1) is 0 Å². The Morgan fingerprint density at radius 2 is 2.19 bits per heavy atom. The Morgan fingerprint density at radius 3 is 2.81 bits per heavy atom. The monoisotopic (exact) mass is 412 g/mol. The van der Waals surface area contributed by atoms with Crippen LogP contribution in [0.3, 0.4) is 0 Å². The third kappa shape index (κ3) is 3.81. The number of sulfone groups is 1. The van der Waals surface area contributed by atoms with Gasteiger partial charge in [-0.1, -0.05) is 17.8 Å². The highest BCUT2D eigenvalue weighted by atomic mass is 32.2. The van der Waals surface area contributed by atoms with Crippen LogP contribution < -0.4 is 5.32 Å². The summed E-state index contributed by atoms with van der Waals surface area (Å²) in [5.41, 5.74) is 0. The second-order valence-corrected chi connectivity index (χ2v) is 11.2. The average Bonchev–Trinajstić information content (AvgIpc) is 2.98. The largest absolute Gasteiger partial charge is 0.351 e. The number of hydrogen-bond acceptors (Lipinski definition) is 7. The van der Waals surface area contributed by atoms with Gasteiger partial charge >= 0.3 is 0 Å². The van der Waals surface area contributed by atoms with Crippen molar-refractivity contribution in [3.63, 3.8) is 0 Å². The van der Waals surface area contributed by atoms with Gasteiger partial charge < -0.3 is 5.32 Å². The lowest BCUT2D eigenvalue weighted by molar-refractivity contribution is -0.120. The average molecular weight is 413 g/mol. The van der Waals surface area contributed by atoms with Crippen LogP contribution >= 0.6 is 23.1 Å². The molecule has 7 nitrogen and oxygen atoms in total. The highest BCUT2D eigenvalue weighted by molar-refractivity contribution is 8.00. The molecule has 2 unspecified atom stereocenters. The first-order valence-corrected chi connectivity index (χ1v) is 12.2. The summed E-state index contributed by atoms with van der Waals surface area (Å²) in [5.74, 6) is 0.899. The summed E-state index contributed by atoms with van der Waals surface area (Å²) in [6, 6.07) is 4.14. The lowest BCUT2D eigenvalue weighted by Gasteiger charge is -2.16. The topological polar surface area (TPSA) is 93.9 Å². The van der Waals surface area contributed by atoms with Crippen LogP contribution in [0.5, 0.6) is 0 Å². The van der Waals surface area contributed by atoms with Gasteiger partial charge in [-0.15, -0.1) is 21.5 Å². The number of carbonyl (C=O) groups is 1. The molecule has 140 valence electrons. The van der Waals surface area contributed by atoms with Crippen molar-refractivity contribution in [3.8, 4) is 10.7 Å². The summed E-state index contributed by atoms with van der Waals surface area (Å²) >= 11 is 3.01. The van der Waals surface area contributed by atoms with Crippen molar-refractivity contribution >= 4 is 38.8 Å². The molecule has 0 radical (unpaired) electrons. The third-order valence-corrected chi connectivity index (χ3v) is 8.24. The molecule has 2 aromatic rings. The summed E-state index contributed by atoms with van der Waals surface area (Å²) in [6.07, 6.45) is 2.70. The van der Waals surface area contributed by atoms with E-state index in [1.165, 1.54) is 11.8 Å². The molecule has 2 aromatic heterocycles. The predicted octanol–water partition coefficient (Wildman–Crippen LogP) is 2.13. The minimum atomic E-state index is -3.00. The Morgan fingerprint density at radius 1 is 1.38 bits per heavy atom. The normalized spacial score (nSPS) is 23.0. The molecule has 1 N–H and O–H groups in total. The Bertz CT molecular complexity index is 903. The number of carbonyl (C=O) groups excluding carboxylic acids is 1. The first-order valence-electron chi connectivity index (χ1n) is 8.59. The van der Waals surface area contributed by atoms with Crippen molar-refractivity contribution in [2.45, 2.75) is 48.7 Å². The van der Waals surface area contributed by atoms with Gasteiger partial charge in [-0.3, -0.25) is 9.36 Å². The van der Waals surface area contributed by atoms with Gasteiger partial charge in [0.05, 0.1) is 21.6 Å². The lowest BCUT2D eigenvalue weighted by Crippen LogP contribution is -2.40. The molecular formula is C16H20N4O3S3. The lowest BCUT2D eigenvalue weighted by atomic mass is 10.2. The van der Waals surface area contributed by atoms with E-state index in [1.54, 1.807) is 11.3 Å². The molecule has 0 aromatic carbocycles. The van der Waals surface area contributed by atoms with Crippen LogP contribution in [0.25, 0.3) is 10.7 Å². The molecule has 0 bridgehead atoms. The van der Waals surface area contributed by atoms with Crippen molar-refractivity contribution in [1.29, 1.82) is 0 Å². The molecule has 2 atom stereocenters. The van der Waals surface area contributed by atoms with E-state index in [4.69, 9.17) is 0 Å². The molecule has 2 fully saturated rings. The fourth-order valence-corrected chi connectivity index (χ4v) is 6.34. The first kappa shape index (κ1) is 18.0. The second-order valence-electron chi connectivity index (χ2n) is 6.75. The first-order chi connectivity index (χ1) is 12.4. The predicted molar refractivity (Wildman–Crippen MR) is 102 cm³/mol. The van der Waals surface area contributed by atoms with Gasteiger partial charge in [0.2, 0.25) is 5.91 Å². The zero-order valence-electron chi connectivity index (χ0n) is 14.3. The molecule has 1 amide bonds. The van der Waals surface area contributed by atoms with E-state index >= 15 is 0 Å². The second kappa shape index (κ2) is 6.97. The number of thioether (sulfide) groups is 1. The van der Waals surface area contributed by atoms with E-state index in [1.807, 2.05) is 24.4 Å². The molecule has 3 heterocycles. The van der Waals surface area contributed by atoms with Gasteiger partial charge in [0.1, 0.15) is 0 Å². The maximum atomic E-state index is 12.5. The van der Waals surface area contributed by atoms with Gasteiger partial charge in [-0.2, -0.15) is 0 Å². The Balaban J connectivity index is 1.46. The molecule has 1 saturated heterocycles. The zero-order valence-corrected chi connectivity index (χ0v) is 16.7. The van der Waals surface area contributed by atoms with Gasteiger partial charge in [0.15, 0.2) is 20.8 Å².